The quantitative estimate of drug-likeness (QED) is 0.784. The summed E-state index contributed by atoms with van der Waals surface area (Å²) < 4.78 is 0. The molecule has 7 heteroatoms. The second-order valence-electron chi connectivity index (χ2n) is 4.40. The number of hydrogen-bond acceptors (Lipinski definition) is 4. The predicted molar refractivity (Wildman–Crippen MR) is 74.5 cm³/mol. The van der Waals surface area contributed by atoms with Crippen LogP contribution in [-0.4, -0.2) is 39.1 Å². The first kappa shape index (κ1) is 14.4. The Bertz CT molecular complexity index is 534. The second-order valence-corrected chi connectivity index (χ2v) is 5.71. The first-order chi connectivity index (χ1) is 9.47. The molecule has 1 aromatic rings. The molecule has 20 heavy (non-hydrogen) atoms. The molecule has 1 aliphatic heterocycles. The normalized spacial score (nSPS) is 17.7. The molecule has 1 amide bonds. The van der Waals surface area contributed by atoms with Gasteiger partial charge < -0.3 is 15.5 Å². The number of carbonyl (C=O) groups is 3. The van der Waals surface area contributed by atoms with Gasteiger partial charge in [0.25, 0.3) is 0 Å². The lowest BCUT2D eigenvalue weighted by molar-refractivity contribution is -0.115. The summed E-state index contributed by atoms with van der Waals surface area (Å²) in [6.07, 6.45) is 1.75. The minimum atomic E-state index is -1.24. The molecule has 0 saturated carbocycles. The Morgan fingerprint density at radius 2 is 1.70 bits per heavy atom. The molecule has 1 unspecified atom stereocenters. The van der Waals surface area contributed by atoms with Crippen molar-refractivity contribution in [3.05, 3.63) is 29.3 Å². The highest BCUT2D eigenvalue weighted by Gasteiger charge is 2.24. The van der Waals surface area contributed by atoms with Crippen molar-refractivity contribution in [1.29, 1.82) is 0 Å². The SMILES string of the molecule is O=C(O)c1cc(NC(=O)C2CCCS2)cc(C(=O)O)c1. The van der Waals surface area contributed by atoms with Gasteiger partial charge in [0.1, 0.15) is 0 Å². The Hall–Kier alpha value is -2.02. The Morgan fingerprint density at radius 3 is 2.15 bits per heavy atom. The summed E-state index contributed by atoms with van der Waals surface area (Å²) in [4.78, 5) is 33.9. The third-order valence-electron chi connectivity index (χ3n) is 2.92. The summed E-state index contributed by atoms with van der Waals surface area (Å²) in [6, 6.07) is 3.57. The van der Waals surface area contributed by atoms with Crippen LogP contribution in [0.2, 0.25) is 0 Å². The Morgan fingerprint density at radius 1 is 1.10 bits per heavy atom. The summed E-state index contributed by atoms with van der Waals surface area (Å²) in [5.74, 6) is -1.77. The molecule has 1 aromatic carbocycles. The Kier molecular flexibility index (Phi) is 4.29. The van der Waals surface area contributed by atoms with Gasteiger partial charge in [-0.1, -0.05) is 0 Å². The molecule has 1 saturated heterocycles. The molecule has 0 bridgehead atoms. The lowest BCUT2D eigenvalue weighted by Gasteiger charge is -2.11. The van der Waals surface area contributed by atoms with Gasteiger partial charge in [-0.15, -0.1) is 11.8 Å². The number of carbonyl (C=O) groups excluding carboxylic acids is 1. The van der Waals surface area contributed by atoms with E-state index in [0.717, 1.165) is 24.7 Å². The van der Waals surface area contributed by atoms with Crippen LogP contribution >= 0.6 is 11.8 Å². The highest BCUT2D eigenvalue weighted by Crippen LogP contribution is 2.27. The van der Waals surface area contributed by atoms with Crippen LogP contribution in [-0.2, 0) is 4.79 Å². The topological polar surface area (TPSA) is 104 Å². The zero-order valence-corrected chi connectivity index (χ0v) is 11.3. The van der Waals surface area contributed by atoms with E-state index in [0.29, 0.717) is 0 Å². The maximum Gasteiger partial charge on any atom is 0.335 e. The fourth-order valence-electron chi connectivity index (χ4n) is 1.95. The number of carboxylic acids is 2. The molecule has 1 fully saturated rings. The van der Waals surface area contributed by atoms with Crippen LogP contribution in [0.1, 0.15) is 33.6 Å². The van der Waals surface area contributed by atoms with E-state index < -0.39 is 11.9 Å². The van der Waals surface area contributed by atoms with Gasteiger partial charge in [0.05, 0.1) is 16.4 Å². The molecular formula is C13H13NO5S. The summed E-state index contributed by atoms with van der Waals surface area (Å²) >= 11 is 1.55. The van der Waals surface area contributed by atoms with Crippen molar-refractivity contribution in [3.63, 3.8) is 0 Å². The van der Waals surface area contributed by atoms with Crippen molar-refractivity contribution in [2.75, 3.05) is 11.1 Å². The molecule has 106 valence electrons. The zero-order valence-electron chi connectivity index (χ0n) is 10.5. The smallest absolute Gasteiger partial charge is 0.335 e. The third kappa shape index (κ3) is 3.30. The monoisotopic (exact) mass is 295 g/mol. The fourth-order valence-corrected chi connectivity index (χ4v) is 3.12. The number of anilines is 1. The van der Waals surface area contributed by atoms with Crippen molar-refractivity contribution < 1.29 is 24.6 Å². The molecular weight excluding hydrogens is 282 g/mol. The van der Waals surface area contributed by atoms with E-state index in [1.807, 2.05) is 0 Å². The van der Waals surface area contributed by atoms with Crippen molar-refractivity contribution in [1.82, 2.24) is 0 Å². The Labute approximate surface area is 119 Å². The van der Waals surface area contributed by atoms with Crippen molar-refractivity contribution in [2.24, 2.45) is 0 Å². The minimum Gasteiger partial charge on any atom is -0.478 e. The zero-order chi connectivity index (χ0) is 14.7. The highest BCUT2D eigenvalue weighted by atomic mass is 32.2. The van der Waals surface area contributed by atoms with E-state index in [4.69, 9.17) is 10.2 Å². The fraction of sp³-hybridized carbons (Fsp3) is 0.308. The first-order valence-electron chi connectivity index (χ1n) is 6.01. The van der Waals surface area contributed by atoms with Crippen LogP contribution in [0.4, 0.5) is 5.69 Å². The lowest BCUT2D eigenvalue weighted by atomic mass is 10.1. The summed E-state index contributed by atoms with van der Waals surface area (Å²) in [5.41, 5.74) is -0.140. The van der Waals surface area contributed by atoms with Gasteiger partial charge in [0, 0.05) is 5.69 Å². The molecule has 1 atom stereocenters. The van der Waals surface area contributed by atoms with Crippen LogP contribution in [0.25, 0.3) is 0 Å². The summed E-state index contributed by atoms with van der Waals surface area (Å²) in [6.45, 7) is 0. The van der Waals surface area contributed by atoms with Crippen LogP contribution in [0.3, 0.4) is 0 Å². The number of thioether (sulfide) groups is 1. The van der Waals surface area contributed by atoms with E-state index in [9.17, 15) is 14.4 Å². The minimum absolute atomic E-state index is 0.156. The third-order valence-corrected chi connectivity index (χ3v) is 4.29. The van der Waals surface area contributed by atoms with E-state index >= 15 is 0 Å². The van der Waals surface area contributed by atoms with Gasteiger partial charge in [-0.05, 0) is 36.8 Å². The lowest BCUT2D eigenvalue weighted by Crippen LogP contribution is -2.23. The average Bonchev–Trinajstić information content (AvgIpc) is 2.92. The number of aromatic carboxylic acids is 2. The number of carboxylic acid groups (broad SMARTS) is 2. The number of benzene rings is 1. The molecule has 0 aromatic heterocycles. The molecule has 1 heterocycles. The molecule has 1 aliphatic rings. The molecule has 2 rings (SSSR count). The molecule has 0 spiro atoms. The van der Waals surface area contributed by atoms with E-state index in [2.05, 4.69) is 5.32 Å². The number of hydrogen-bond donors (Lipinski definition) is 3. The van der Waals surface area contributed by atoms with E-state index in [-0.39, 0.29) is 28.0 Å². The van der Waals surface area contributed by atoms with Crippen LogP contribution in [0.5, 0.6) is 0 Å². The van der Waals surface area contributed by atoms with Gasteiger partial charge in [0.2, 0.25) is 5.91 Å². The predicted octanol–water partition coefficient (Wildman–Crippen LogP) is 1.92. The second kappa shape index (κ2) is 5.96. The van der Waals surface area contributed by atoms with Crippen LogP contribution in [0.15, 0.2) is 18.2 Å². The number of rotatable bonds is 4. The number of nitrogens with one attached hydrogen (secondary N) is 1. The van der Waals surface area contributed by atoms with Gasteiger partial charge >= 0.3 is 11.9 Å². The van der Waals surface area contributed by atoms with Gasteiger partial charge in [0.15, 0.2) is 0 Å². The highest BCUT2D eigenvalue weighted by molar-refractivity contribution is 8.00. The van der Waals surface area contributed by atoms with Crippen LogP contribution < -0.4 is 5.32 Å². The first-order valence-corrected chi connectivity index (χ1v) is 7.06. The van der Waals surface area contributed by atoms with Gasteiger partial charge in [-0.25, -0.2) is 9.59 Å². The van der Waals surface area contributed by atoms with Crippen molar-refractivity contribution in [3.8, 4) is 0 Å². The van der Waals surface area contributed by atoms with Gasteiger partial charge in [-0.3, -0.25) is 4.79 Å². The maximum absolute atomic E-state index is 12.0. The molecule has 6 nitrogen and oxygen atoms in total. The van der Waals surface area contributed by atoms with Crippen molar-refractivity contribution >= 4 is 35.3 Å². The largest absolute Gasteiger partial charge is 0.478 e. The summed E-state index contributed by atoms with van der Waals surface area (Å²) in [7, 11) is 0. The Balaban J connectivity index is 2.23. The average molecular weight is 295 g/mol. The maximum atomic E-state index is 12.0. The number of amides is 1. The van der Waals surface area contributed by atoms with E-state index in [1.54, 1.807) is 11.8 Å². The van der Waals surface area contributed by atoms with Crippen molar-refractivity contribution in [2.45, 2.75) is 18.1 Å². The molecule has 0 aliphatic carbocycles. The molecule has 3 N–H and O–H groups in total. The summed E-state index contributed by atoms with van der Waals surface area (Å²) in [5, 5.41) is 20.3. The van der Waals surface area contributed by atoms with E-state index in [1.165, 1.54) is 12.1 Å². The van der Waals surface area contributed by atoms with Crippen LogP contribution in [0, 0.1) is 0 Å². The van der Waals surface area contributed by atoms with Gasteiger partial charge in [-0.2, -0.15) is 0 Å². The standard InChI is InChI=1S/C13H13NO5S/c15-11(10-2-1-3-20-10)14-9-5-7(12(16)17)4-8(6-9)13(18)19/h4-6,10H,1-3H2,(H,14,15)(H,16,17)(H,18,19). The molecule has 0 radical (unpaired) electrons.